The molecule has 0 aromatic rings. The molecule has 0 aliphatic carbocycles. The quantitative estimate of drug-likeness (QED) is 0.0369. The molecule has 0 aromatic heterocycles. The molecule has 107 heavy (non-hydrogen) atoms. The number of rotatable bonds is 85. The predicted molar refractivity (Wildman–Crippen MR) is 457 cm³/mol. The highest BCUT2D eigenvalue weighted by molar-refractivity contribution is 5.26. The van der Waals surface area contributed by atoms with Crippen molar-refractivity contribution in [3.8, 4) is 0 Å². The average molecular weight is 1520 g/mol. The van der Waals surface area contributed by atoms with Crippen molar-refractivity contribution in [1.82, 2.24) is 0 Å². The standard InChI is InChI=1S/C96H190O11/c1-8-15-22-29-36-43-50-57-64-71-78-93(79-72-65-58-51-44-37-30-23-16-9-2,102-82-75-68-61-54-47-40-33-26-19-12-5)96(107-92-91(101)90(100)89(99)87(85-97)105-92)95(81-74-67-60-53-46-39-32-25-18-11-4,104-84-77-70-63-56-49-42-35-28-21-14-7)94(88(86-98)106-96,80-73-66-59-52-45-38-31-24-17-10-3)103-83-76-69-62-55-48-41-34-27-20-13-6/h87-92,97-101H,8-86H2,1-7H3/t87-,88-,89-,90+,91-,92-,94-,95+,96+/m1/s1. The van der Waals surface area contributed by atoms with Gasteiger partial charge >= 0.3 is 0 Å². The summed E-state index contributed by atoms with van der Waals surface area (Å²) >= 11 is 0. The van der Waals surface area contributed by atoms with Gasteiger partial charge in [-0.1, -0.05) is 479 Å². The Morgan fingerprint density at radius 1 is 0.280 bits per heavy atom. The van der Waals surface area contributed by atoms with Crippen LogP contribution in [0, 0.1) is 0 Å². The Balaban J connectivity index is 3.28. The maximum atomic E-state index is 12.9. The zero-order valence-electron chi connectivity index (χ0n) is 73.0. The van der Waals surface area contributed by atoms with Gasteiger partial charge in [0.2, 0.25) is 5.79 Å². The second kappa shape index (κ2) is 72.1. The van der Waals surface area contributed by atoms with Crippen molar-refractivity contribution < 1.29 is 54.0 Å². The summed E-state index contributed by atoms with van der Waals surface area (Å²) in [5.74, 6) is -1.88. The molecule has 9 atom stereocenters. The maximum Gasteiger partial charge on any atom is 0.233 e. The second-order valence-corrected chi connectivity index (χ2v) is 34.8. The first-order valence-electron chi connectivity index (χ1n) is 48.8. The fourth-order valence-electron chi connectivity index (χ4n) is 18.2. The van der Waals surface area contributed by atoms with Gasteiger partial charge in [-0.25, -0.2) is 0 Å². The van der Waals surface area contributed by atoms with Gasteiger partial charge in [-0.2, -0.15) is 0 Å². The minimum absolute atomic E-state index is 0.331. The lowest BCUT2D eigenvalue weighted by Gasteiger charge is -2.59. The Morgan fingerprint density at radius 2 is 0.551 bits per heavy atom. The first-order valence-corrected chi connectivity index (χ1v) is 48.8. The van der Waals surface area contributed by atoms with Crippen LogP contribution < -0.4 is 0 Å². The molecule has 2 saturated heterocycles. The van der Waals surface area contributed by atoms with E-state index < -0.39 is 66.0 Å². The highest BCUT2D eigenvalue weighted by Crippen LogP contribution is 2.64. The minimum Gasteiger partial charge on any atom is -0.394 e. The zero-order chi connectivity index (χ0) is 77.6. The molecule has 0 aromatic carbocycles. The molecule has 2 fully saturated rings. The van der Waals surface area contributed by atoms with E-state index in [1.54, 1.807) is 0 Å². The van der Waals surface area contributed by atoms with Gasteiger partial charge in [0.1, 0.15) is 41.7 Å². The third-order valence-corrected chi connectivity index (χ3v) is 25.2. The van der Waals surface area contributed by atoms with Gasteiger partial charge in [-0.15, -0.1) is 0 Å². The van der Waals surface area contributed by atoms with E-state index in [0.717, 1.165) is 135 Å². The summed E-state index contributed by atoms with van der Waals surface area (Å²) in [6.07, 6.45) is 77.0. The summed E-state index contributed by atoms with van der Waals surface area (Å²) in [5.41, 5.74) is -3.90. The predicted octanol–water partition coefficient (Wildman–Crippen LogP) is 28.2. The maximum absolute atomic E-state index is 12.9. The van der Waals surface area contributed by atoms with Crippen LogP contribution >= 0.6 is 0 Å². The number of unbranched alkanes of at least 4 members (excludes halogenated alkanes) is 63. The summed E-state index contributed by atoms with van der Waals surface area (Å²) in [6, 6.07) is 0. The highest BCUT2D eigenvalue weighted by Gasteiger charge is 2.82. The number of ether oxygens (including phenoxy) is 6. The van der Waals surface area contributed by atoms with Crippen LogP contribution in [0.15, 0.2) is 0 Å². The van der Waals surface area contributed by atoms with Crippen LogP contribution in [-0.4, -0.2) is 118 Å². The molecule has 0 saturated carbocycles. The molecule has 0 spiro atoms. The zero-order valence-corrected chi connectivity index (χ0v) is 73.0. The van der Waals surface area contributed by atoms with E-state index in [0.29, 0.717) is 45.5 Å². The molecule has 0 amide bonds. The lowest BCUT2D eigenvalue weighted by molar-refractivity contribution is -0.442. The molecule has 11 nitrogen and oxygen atoms in total. The van der Waals surface area contributed by atoms with Gasteiger partial charge in [0.15, 0.2) is 11.9 Å². The molecular formula is C96H190O11. The Morgan fingerprint density at radius 3 is 0.860 bits per heavy atom. The topological polar surface area (TPSA) is 157 Å². The number of aliphatic hydroxyl groups is 5. The molecular weight excluding hydrogens is 1330 g/mol. The Bertz CT molecular complexity index is 1800. The van der Waals surface area contributed by atoms with Crippen molar-refractivity contribution in [3.05, 3.63) is 0 Å². The van der Waals surface area contributed by atoms with E-state index in [9.17, 15) is 25.5 Å². The Kier molecular flexibility index (Phi) is 69.1. The molecule has 0 radical (unpaired) electrons. The summed E-state index contributed by atoms with van der Waals surface area (Å²) < 4.78 is 48.1. The van der Waals surface area contributed by atoms with E-state index in [1.165, 1.54) is 315 Å². The van der Waals surface area contributed by atoms with Crippen molar-refractivity contribution in [2.75, 3.05) is 33.0 Å². The molecule has 5 N–H and O–H groups in total. The molecule has 0 bridgehead atoms. The SMILES string of the molecule is CCCCCCCCCCCCOC(CCCCCCCCCCCC)(CCCCCCCCCCCC)[C@@]1(O[C@H]2O[C@H](CO)[C@@H](O)[C@H](O)[C@H]2O)O[C@H](CO)[C@@](CCCCCCCCCCCC)(OCCCCCCCCCCCC)[C@]1(CCCCCCCCCCCC)OCCCCCCCCCCCC. The van der Waals surface area contributed by atoms with Crippen LogP contribution in [0.1, 0.15) is 524 Å². The van der Waals surface area contributed by atoms with Gasteiger partial charge in [-0.3, -0.25) is 0 Å². The van der Waals surface area contributed by atoms with Crippen molar-refractivity contribution in [2.24, 2.45) is 0 Å². The van der Waals surface area contributed by atoms with Gasteiger partial charge < -0.3 is 54.0 Å². The fourth-order valence-corrected chi connectivity index (χ4v) is 18.2. The largest absolute Gasteiger partial charge is 0.394 e. The van der Waals surface area contributed by atoms with Gasteiger partial charge in [0.25, 0.3) is 0 Å². The Hall–Kier alpha value is -0.440. The molecule has 2 rings (SSSR count). The van der Waals surface area contributed by atoms with Crippen LogP contribution in [0.25, 0.3) is 0 Å². The van der Waals surface area contributed by atoms with Crippen molar-refractivity contribution >= 4 is 0 Å². The second-order valence-electron chi connectivity index (χ2n) is 34.8. The van der Waals surface area contributed by atoms with E-state index in [2.05, 4.69) is 48.5 Å². The third-order valence-electron chi connectivity index (χ3n) is 25.2. The average Bonchev–Trinajstić information content (AvgIpc) is 1.52. The smallest absolute Gasteiger partial charge is 0.233 e. The fraction of sp³-hybridized carbons (Fsp3) is 1.00. The molecule has 0 unspecified atom stereocenters. The molecule has 11 heteroatoms. The number of aliphatic hydroxyl groups excluding tert-OH is 5. The third kappa shape index (κ3) is 43.9. The first-order chi connectivity index (χ1) is 52.6. The van der Waals surface area contributed by atoms with E-state index >= 15 is 0 Å². The van der Waals surface area contributed by atoms with Gasteiger partial charge in [0, 0.05) is 19.8 Å². The van der Waals surface area contributed by atoms with Gasteiger partial charge in [0.05, 0.1) is 13.2 Å². The summed E-state index contributed by atoms with van der Waals surface area (Å²) in [7, 11) is 0. The molecule has 2 aliphatic heterocycles. The molecule has 2 heterocycles. The van der Waals surface area contributed by atoms with Crippen LogP contribution in [0.4, 0.5) is 0 Å². The van der Waals surface area contributed by atoms with Crippen molar-refractivity contribution in [3.63, 3.8) is 0 Å². The van der Waals surface area contributed by atoms with Crippen LogP contribution in [-0.2, 0) is 28.4 Å². The molecule has 640 valence electrons. The lowest BCUT2D eigenvalue weighted by Crippen LogP contribution is -2.76. The van der Waals surface area contributed by atoms with E-state index in [-0.39, 0.29) is 6.61 Å². The summed E-state index contributed by atoms with van der Waals surface area (Å²) in [6.45, 7) is 16.6. The summed E-state index contributed by atoms with van der Waals surface area (Å²) in [5, 5.41) is 60.6. The van der Waals surface area contributed by atoms with Gasteiger partial charge in [-0.05, 0) is 44.9 Å². The normalized spacial score (nSPS) is 22.0. The van der Waals surface area contributed by atoms with E-state index in [4.69, 9.17) is 28.4 Å². The van der Waals surface area contributed by atoms with Crippen molar-refractivity contribution in [1.29, 1.82) is 0 Å². The highest BCUT2D eigenvalue weighted by atomic mass is 16.8. The minimum atomic E-state index is -1.88. The van der Waals surface area contributed by atoms with E-state index in [1.807, 2.05) is 0 Å². The van der Waals surface area contributed by atoms with Crippen molar-refractivity contribution in [2.45, 2.75) is 583 Å². The first kappa shape index (κ1) is 103. The molecule has 2 aliphatic rings. The van der Waals surface area contributed by atoms with Crippen LogP contribution in [0.2, 0.25) is 0 Å². The lowest BCUT2D eigenvalue weighted by atomic mass is 9.63. The monoisotopic (exact) mass is 1520 g/mol. The number of hydrogen-bond donors (Lipinski definition) is 5. The van der Waals surface area contributed by atoms with Crippen LogP contribution in [0.3, 0.4) is 0 Å². The van der Waals surface area contributed by atoms with Crippen LogP contribution in [0.5, 0.6) is 0 Å². The Labute approximate surface area is 666 Å². The summed E-state index contributed by atoms with van der Waals surface area (Å²) in [4.78, 5) is 0. The number of hydrogen-bond acceptors (Lipinski definition) is 11.